The van der Waals surface area contributed by atoms with E-state index in [2.05, 4.69) is 20.2 Å². The van der Waals surface area contributed by atoms with Gasteiger partial charge in [-0.15, -0.1) is 0 Å². The molecule has 1 aliphatic rings. The standard InChI is InChI=1S/C17H23N5O/c1-17(2,3)16(23)22-9-5-12(11-22)10-14-15(19-8-7-18-14)13-4-6-20-21-13/h4,6-8,12H,5,9-11H2,1-3H3,(H,20,21)/t12-/m1/s1. The maximum absolute atomic E-state index is 12.4. The fraction of sp³-hybridized carbons (Fsp3) is 0.529. The van der Waals surface area contributed by atoms with E-state index in [0.29, 0.717) is 5.92 Å². The fourth-order valence-corrected chi connectivity index (χ4v) is 3.06. The number of carbonyl (C=O) groups excluding carboxylic acids is 1. The monoisotopic (exact) mass is 313 g/mol. The van der Waals surface area contributed by atoms with Crippen molar-refractivity contribution >= 4 is 5.91 Å². The van der Waals surface area contributed by atoms with Crippen LogP contribution in [-0.2, 0) is 11.2 Å². The molecule has 1 atom stereocenters. The van der Waals surface area contributed by atoms with E-state index in [9.17, 15) is 4.79 Å². The molecule has 3 heterocycles. The van der Waals surface area contributed by atoms with Crippen LogP contribution in [0.3, 0.4) is 0 Å². The maximum Gasteiger partial charge on any atom is 0.227 e. The summed E-state index contributed by atoms with van der Waals surface area (Å²) in [4.78, 5) is 23.3. The Labute approximate surface area is 136 Å². The number of carbonyl (C=O) groups is 1. The highest BCUT2D eigenvalue weighted by molar-refractivity contribution is 5.81. The predicted molar refractivity (Wildman–Crippen MR) is 87.5 cm³/mol. The second kappa shape index (κ2) is 6.10. The molecule has 3 rings (SSSR count). The van der Waals surface area contributed by atoms with Crippen LogP contribution in [0.2, 0.25) is 0 Å². The van der Waals surface area contributed by atoms with Crippen LogP contribution < -0.4 is 0 Å². The lowest BCUT2D eigenvalue weighted by molar-refractivity contribution is -0.138. The molecule has 0 aromatic carbocycles. The number of hydrogen-bond acceptors (Lipinski definition) is 4. The zero-order chi connectivity index (χ0) is 16.4. The first-order chi connectivity index (χ1) is 10.9. The van der Waals surface area contributed by atoms with Crippen LogP contribution in [0.4, 0.5) is 0 Å². The summed E-state index contributed by atoms with van der Waals surface area (Å²) in [6, 6.07) is 1.90. The van der Waals surface area contributed by atoms with Gasteiger partial charge in [-0.25, -0.2) is 0 Å². The molecule has 0 aliphatic carbocycles. The molecule has 1 saturated heterocycles. The Morgan fingerprint density at radius 2 is 2.09 bits per heavy atom. The van der Waals surface area contributed by atoms with Crippen molar-refractivity contribution in [3.8, 4) is 11.4 Å². The van der Waals surface area contributed by atoms with Gasteiger partial charge < -0.3 is 4.90 Å². The van der Waals surface area contributed by atoms with E-state index in [0.717, 1.165) is 43.0 Å². The van der Waals surface area contributed by atoms with Gasteiger partial charge in [0.05, 0.1) is 11.4 Å². The molecule has 2 aromatic rings. The van der Waals surface area contributed by atoms with E-state index < -0.39 is 0 Å². The summed E-state index contributed by atoms with van der Waals surface area (Å²) in [6.45, 7) is 7.56. The van der Waals surface area contributed by atoms with Crippen molar-refractivity contribution in [2.45, 2.75) is 33.6 Å². The number of amides is 1. The number of aromatic amines is 1. The number of rotatable bonds is 3. The van der Waals surface area contributed by atoms with Crippen molar-refractivity contribution in [2.24, 2.45) is 11.3 Å². The average Bonchev–Trinajstić information content (AvgIpc) is 3.17. The Morgan fingerprint density at radius 3 is 2.78 bits per heavy atom. The van der Waals surface area contributed by atoms with Crippen LogP contribution in [0.1, 0.15) is 32.9 Å². The third kappa shape index (κ3) is 3.41. The third-order valence-corrected chi connectivity index (χ3v) is 4.23. The Balaban J connectivity index is 1.71. The molecule has 1 fully saturated rings. The third-order valence-electron chi connectivity index (χ3n) is 4.23. The molecule has 0 spiro atoms. The van der Waals surface area contributed by atoms with Crippen LogP contribution in [-0.4, -0.2) is 44.1 Å². The Hall–Kier alpha value is -2.24. The van der Waals surface area contributed by atoms with Crippen LogP contribution in [0.5, 0.6) is 0 Å². The highest BCUT2D eigenvalue weighted by Crippen LogP contribution is 2.27. The molecule has 6 nitrogen and oxygen atoms in total. The SMILES string of the molecule is CC(C)(C)C(=O)N1CC[C@H](Cc2nccnc2-c2ccn[nH]2)C1. The molecule has 0 saturated carbocycles. The number of likely N-dealkylation sites (tertiary alicyclic amines) is 1. The van der Waals surface area contributed by atoms with Crippen molar-refractivity contribution < 1.29 is 4.79 Å². The largest absolute Gasteiger partial charge is 0.342 e. The van der Waals surface area contributed by atoms with Crippen LogP contribution in [0.15, 0.2) is 24.7 Å². The number of nitrogens with zero attached hydrogens (tertiary/aromatic N) is 4. The van der Waals surface area contributed by atoms with Crippen LogP contribution in [0, 0.1) is 11.3 Å². The van der Waals surface area contributed by atoms with Gasteiger partial charge in [0, 0.05) is 37.1 Å². The van der Waals surface area contributed by atoms with Gasteiger partial charge in [-0.05, 0) is 24.8 Å². The summed E-state index contributed by atoms with van der Waals surface area (Å²) >= 11 is 0. The molecule has 2 aromatic heterocycles. The van der Waals surface area contributed by atoms with E-state index >= 15 is 0 Å². The number of hydrogen-bond donors (Lipinski definition) is 1. The van der Waals surface area contributed by atoms with Crippen molar-refractivity contribution in [3.05, 3.63) is 30.4 Å². The lowest BCUT2D eigenvalue weighted by atomic mass is 9.95. The topological polar surface area (TPSA) is 74.8 Å². The Bertz CT molecular complexity index is 675. The smallest absolute Gasteiger partial charge is 0.227 e. The first-order valence-electron chi connectivity index (χ1n) is 8.04. The molecule has 6 heteroatoms. The van der Waals surface area contributed by atoms with Crippen molar-refractivity contribution in [1.82, 2.24) is 25.1 Å². The Morgan fingerprint density at radius 1 is 1.30 bits per heavy atom. The van der Waals surface area contributed by atoms with Crippen molar-refractivity contribution in [1.29, 1.82) is 0 Å². The minimum atomic E-state index is -0.317. The minimum absolute atomic E-state index is 0.230. The summed E-state index contributed by atoms with van der Waals surface area (Å²) in [7, 11) is 0. The molecule has 23 heavy (non-hydrogen) atoms. The van der Waals surface area contributed by atoms with E-state index in [4.69, 9.17) is 0 Å². The number of aromatic nitrogens is 4. The van der Waals surface area contributed by atoms with E-state index in [-0.39, 0.29) is 11.3 Å². The summed E-state index contributed by atoms with van der Waals surface area (Å²) in [5.74, 6) is 0.660. The van der Waals surface area contributed by atoms with Gasteiger partial charge >= 0.3 is 0 Å². The number of H-pyrrole nitrogens is 1. The highest BCUT2D eigenvalue weighted by atomic mass is 16.2. The first-order valence-corrected chi connectivity index (χ1v) is 8.04. The van der Waals surface area contributed by atoms with Gasteiger partial charge in [-0.1, -0.05) is 20.8 Å². The second-order valence-corrected chi connectivity index (χ2v) is 7.18. The molecule has 0 radical (unpaired) electrons. The normalized spacial score (nSPS) is 18.4. The highest BCUT2D eigenvalue weighted by Gasteiger charge is 2.33. The first kappa shape index (κ1) is 15.6. The molecule has 1 N–H and O–H groups in total. The molecule has 1 aliphatic heterocycles. The van der Waals surface area contributed by atoms with Crippen LogP contribution in [0.25, 0.3) is 11.4 Å². The minimum Gasteiger partial charge on any atom is -0.342 e. The van der Waals surface area contributed by atoms with Crippen molar-refractivity contribution in [3.63, 3.8) is 0 Å². The summed E-state index contributed by atoms with van der Waals surface area (Å²) in [5, 5.41) is 6.94. The predicted octanol–water partition coefficient (Wildman–Crippen LogP) is 2.30. The zero-order valence-electron chi connectivity index (χ0n) is 13.9. The lowest BCUT2D eigenvalue weighted by Gasteiger charge is -2.25. The summed E-state index contributed by atoms with van der Waals surface area (Å²) < 4.78 is 0. The molecule has 0 unspecified atom stereocenters. The van der Waals surface area contributed by atoms with Crippen molar-refractivity contribution in [2.75, 3.05) is 13.1 Å². The summed E-state index contributed by atoms with van der Waals surface area (Å²) in [6.07, 6.45) is 6.98. The van der Waals surface area contributed by atoms with Gasteiger partial charge in [-0.2, -0.15) is 5.10 Å². The van der Waals surface area contributed by atoms with E-state index in [1.54, 1.807) is 18.6 Å². The van der Waals surface area contributed by atoms with Crippen LogP contribution >= 0.6 is 0 Å². The molecule has 122 valence electrons. The molecule has 1 amide bonds. The van der Waals surface area contributed by atoms with Gasteiger partial charge in [-0.3, -0.25) is 19.9 Å². The lowest BCUT2D eigenvalue weighted by Crippen LogP contribution is -2.38. The van der Waals surface area contributed by atoms with Gasteiger partial charge in [0.25, 0.3) is 0 Å². The molecule has 0 bridgehead atoms. The maximum atomic E-state index is 12.4. The average molecular weight is 313 g/mol. The second-order valence-electron chi connectivity index (χ2n) is 7.18. The molecular weight excluding hydrogens is 290 g/mol. The van der Waals surface area contributed by atoms with Gasteiger partial charge in [0.1, 0.15) is 5.69 Å². The number of nitrogens with one attached hydrogen (secondary N) is 1. The van der Waals surface area contributed by atoms with Gasteiger partial charge in [0.15, 0.2) is 0 Å². The van der Waals surface area contributed by atoms with Gasteiger partial charge in [0.2, 0.25) is 5.91 Å². The fourth-order valence-electron chi connectivity index (χ4n) is 3.06. The Kier molecular flexibility index (Phi) is 4.15. The van der Waals surface area contributed by atoms with E-state index in [1.807, 2.05) is 31.7 Å². The summed E-state index contributed by atoms with van der Waals surface area (Å²) in [5.41, 5.74) is 2.38. The van der Waals surface area contributed by atoms with E-state index in [1.165, 1.54) is 0 Å². The molecular formula is C17H23N5O. The quantitative estimate of drug-likeness (QED) is 0.943. The zero-order valence-corrected chi connectivity index (χ0v) is 13.9.